The molecule has 5 nitrogen and oxygen atoms in total. The third-order valence-corrected chi connectivity index (χ3v) is 10.0. The summed E-state index contributed by atoms with van der Waals surface area (Å²) in [5.41, 5.74) is 1.38. The molecule has 0 bridgehead atoms. The Morgan fingerprint density at radius 1 is 0.838 bits per heavy atom. The van der Waals surface area contributed by atoms with E-state index in [0.717, 1.165) is 5.56 Å². The summed E-state index contributed by atoms with van der Waals surface area (Å²) < 4.78 is 26.0. The van der Waals surface area contributed by atoms with Gasteiger partial charge in [-0.05, 0) is 36.2 Å². The quantitative estimate of drug-likeness (QED) is 0.217. The number of methoxy groups -OCH3 is 2. The molecular formula is C29H28Cl2NO4P. The number of hydrogen-bond donors (Lipinski definition) is 2. The number of ether oxygens (including phenoxy) is 2. The summed E-state index contributed by atoms with van der Waals surface area (Å²) in [5.74, 6) is 0.332. The summed E-state index contributed by atoms with van der Waals surface area (Å²) in [4.78, 5) is 0. The summed E-state index contributed by atoms with van der Waals surface area (Å²) in [5, 5.41) is 16.2. The van der Waals surface area contributed by atoms with Crippen LogP contribution < -0.4 is 25.4 Å². The van der Waals surface area contributed by atoms with Crippen molar-refractivity contribution < 1.29 is 19.1 Å². The number of benzene rings is 4. The fourth-order valence-electron chi connectivity index (χ4n) is 4.36. The second-order valence-electron chi connectivity index (χ2n) is 8.45. The molecule has 4 rings (SSSR count). The zero-order valence-electron chi connectivity index (χ0n) is 20.5. The van der Waals surface area contributed by atoms with Crippen molar-refractivity contribution in [2.24, 2.45) is 0 Å². The fourth-order valence-corrected chi connectivity index (χ4v) is 7.97. The first-order chi connectivity index (χ1) is 17.9. The van der Waals surface area contributed by atoms with Gasteiger partial charge in [-0.25, -0.2) is 0 Å². The first kappa shape index (κ1) is 27.1. The van der Waals surface area contributed by atoms with Gasteiger partial charge >= 0.3 is 0 Å². The van der Waals surface area contributed by atoms with Crippen LogP contribution in [-0.2, 0) is 11.0 Å². The van der Waals surface area contributed by atoms with E-state index < -0.39 is 12.9 Å². The second-order valence-corrected chi connectivity index (χ2v) is 12.2. The van der Waals surface area contributed by atoms with Crippen LogP contribution in [-0.4, -0.2) is 25.9 Å². The molecule has 0 unspecified atom stereocenters. The number of halogens is 2. The Labute approximate surface area is 227 Å². The van der Waals surface area contributed by atoms with Crippen molar-refractivity contribution in [3.8, 4) is 17.2 Å². The average molecular weight is 556 g/mol. The highest BCUT2D eigenvalue weighted by Gasteiger charge is 2.39. The Morgan fingerprint density at radius 3 is 2.00 bits per heavy atom. The van der Waals surface area contributed by atoms with Crippen LogP contribution in [0.25, 0.3) is 0 Å². The topological polar surface area (TPSA) is 67.8 Å². The molecule has 192 valence electrons. The van der Waals surface area contributed by atoms with Crippen molar-refractivity contribution in [2.75, 3.05) is 20.8 Å². The highest BCUT2D eigenvalue weighted by atomic mass is 35.5. The van der Waals surface area contributed by atoms with Crippen LogP contribution in [0.4, 0.5) is 0 Å². The van der Waals surface area contributed by atoms with Crippen molar-refractivity contribution in [2.45, 2.75) is 12.2 Å². The van der Waals surface area contributed by atoms with E-state index in [1.807, 2.05) is 78.9 Å². The van der Waals surface area contributed by atoms with E-state index in [2.05, 4.69) is 5.32 Å². The lowest BCUT2D eigenvalue weighted by atomic mass is 10.1. The van der Waals surface area contributed by atoms with Gasteiger partial charge < -0.3 is 24.5 Å². The molecule has 0 fully saturated rings. The fraction of sp³-hybridized carbons (Fsp3) is 0.172. The Kier molecular flexibility index (Phi) is 8.83. The minimum absolute atomic E-state index is 0.0989. The van der Waals surface area contributed by atoms with Crippen LogP contribution >= 0.6 is 30.3 Å². The van der Waals surface area contributed by atoms with Gasteiger partial charge in [0, 0.05) is 27.7 Å². The van der Waals surface area contributed by atoms with Crippen molar-refractivity contribution in [3.63, 3.8) is 0 Å². The van der Waals surface area contributed by atoms with Gasteiger partial charge in [0.25, 0.3) is 0 Å². The van der Waals surface area contributed by atoms with E-state index in [1.54, 1.807) is 20.3 Å². The molecule has 1 atom stereocenters. The maximum absolute atomic E-state index is 15.2. The summed E-state index contributed by atoms with van der Waals surface area (Å²) in [6, 6.07) is 27.4. The molecule has 8 heteroatoms. The molecule has 0 saturated heterocycles. The van der Waals surface area contributed by atoms with E-state index in [0.29, 0.717) is 45.7 Å². The average Bonchev–Trinajstić information content (AvgIpc) is 2.93. The van der Waals surface area contributed by atoms with Gasteiger partial charge in [-0.3, -0.25) is 0 Å². The predicted molar refractivity (Wildman–Crippen MR) is 152 cm³/mol. The van der Waals surface area contributed by atoms with E-state index in [-0.39, 0.29) is 10.8 Å². The lowest BCUT2D eigenvalue weighted by Gasteiger charge is -2.31. The van der Waals surface area contributed by atoms with Crippen LogP contribution in [0, 0.1) is 0 Å². The van der Waals surface area contributed by atoms with Crippen LogP contribution in [0.15, 0.2) is 91.0 Å². The molecule has 2 N–H and O–H groups in total. The van der Waals surface area contributed by atoms with E-state index in [1.165, 1.54) is 6.07 Å². The first-order valence-corrected chi connectivity index (χ1v) is 14.2. The van der Waals surface area contributed by atoms with Gasteiger partial charge in [0.2, 0.25) is 0 Å². The monoisotopic (exact) mass is 555 g/mol. The number of hydrogen-bond acceptors (Lipinski definition) is 5. The minimum atomic E-state index is -3.41. The highest BCUT2D eigenvalue weighted by molar-refractivity contribution is 7.79. The van der Waals surface area contributed by atoms with E-state index in [4.69, 9.17) is 32.7 Å². The van der Waals surface area contributed by atoms with Crippen LogP contribution in [0.3, 0.4) is 0 Å². The zero-order chi connectivity index (χ0) is 26.4. The largest absolute Gasteiger partial charge is 0.506 e. The highest BCUT2D eigenvalue weighted by Crippen LogP contribution is 2.58. The lowest BCUT2D eigenvalue weighted by Crippen LogP contribution is -2.32. The summed E-state index contributed by atoms with van der Waals surface area (Å²) >= 11 is 12.7. The molecule has 0 aliphatic rings. The normalized spacial score (nSPS) is 12.2. The SMILES string of the molecule is COc1ccc(CCN[C@@H](c2cc(Cl)cc(Cl)c2O)P(=O)(c2ccccc2)c2ccccc2)cc1OC. The van der Waals surface area contributed by atoms with Crippen molar-refractivity contribution in [1.82, 2.24) is 5.32 Å². The molecule has 0 aromatic heterocycles. The van der Waals surface area contributed by atoms with Gasteiger partial charge in [-0.15, -0.1) is 0 Å². The second kappa shape index (κ2) is 12.1. The number of aromatic hydroxyl groups is 1. The van der Waals surface area contributed by atoms with Crippen LogP contribution in [0.5, 0.6) is 17.2 Å². The molecule has 37 heavy (non-hydrogen) atoms. The molecule has 4 aromatic rings. The summed E-state index contributed by atoms with van der Waals surface area (Å²) in [6.45, 7) is 0.452. The van der Waals surface area contributed by atoms with Gasteiger partial charge in [-0.2, -0.15) is 0 Å². The molecule has 0 amide bonds. The number of nitrogens with one attached hydrogen (secondary N) is 1. The molecule has 0 radical (unpaired) electrons. The maximum atomic E-state index is 15.2. The third-order valence-electron chi connectivity index (χ3n) is 6.19. The van der Waals surface area contributed by atoms with Crippen molar-refractivity contribution in [3.05, 3.63) is 112 Å². The lowest BCUT2D eigenvalue weighted by molar-refractivity contribution is 0.354. The standard InChI is InChI=1S/C29H28Cl2NO4P/c1-35-26-14-13-20(17-27(26)36-2)15-16-32-29(24-18-21(30)19-25(31)28(24)33)37(34,22-9-5-3-6-10-22)23-11-7-4-8-12-23/h3-14,17-19,29,32-33H,15-16H2,1-2H3/t29-/m1/s1. The van der Waals surface area contributed by atoms with Gasteiger partial charge in [0.15, 0.2) is 18.6 Å². The van der Waals surface area contributed by atoms with Crippen LogP contribution in [0.1, 0.15) is 16.9 Å². The number of phenols is 1. The number of phenolic OH excluding ortho intramolecular Hbond substituents is 1. The molecule has 0 spiro atoms. The molecule has 0 saturated carbocycles. The Morgan fingerprint density at radius 2 is 1.43 bits per heavy atom. The van der Waals surface area contributed by atoms with Crippen molar-refractivity contribution >= 4 is 41.0 Å². The Balaban J connectivity index is 1.79. The third kappa shape index (κ3) is 5.81. The van der Waals surface area contributed by atoms with Gasteiger partial charge in [0.1, 0.15) is 5.75 Å². The predicted octanol–water partition coefficient (Wildman–Crippen LogP) is 6.56. The van der Waals surface area contributed by atoms with Crippen LogP contribution in [0.2, 0.25) is 10.0 Å². The van der Waals surface area contributed by atoms with Gasteiger partial charge in [-0.1, -0.05) is 89.9 Å². The van der Waals surface area contributed by atoms with Crippen molar-refractivity contribution in [1.29, 1.82) is 0 Å². The Hall–Kier alpha value is -2.95. The molecule has 0 aliphatic heterocycles. The minimum Gasteiger partial charge on any atom is -0.506 e. The Bertz CT molecular complexity index is 1360. The van der Waals surface area contributed by atoms with E-state index >= 15 is 4.57 Å². The molecule has 0 heterocycles. The first-order valence-electron chi connectivity index (χ1n) is 11.7. The maximum Gasteiger partial charge on any atom is 0.163 e. The van der Waals surface area contributed by atoms with E-state index in [9.17, 15) is 5.11 Å². The zero-order valence-corrected chi connectivity index (χ0v) is 22.9. The summed E-state index contributed by atoms with van der Waals surface area (Å²) in [7, 11) is -0.216. The molecule has 4 aromatic carbocycles. The molecular weight excluding hydrogens is 528 g/mol. The summed E-state index contributed by atoms with van der Waals surface area (Å²) in [6.07, 6.45) is 0.607. The molecule has 0 aliphatic carbocycles. The smallest absolute Gasteiger partial charge is 0.163 e. The number of rotatable bonds is 10. The van der Waals surface area contributed by atoms with Gasteiger partial charge in [0.05, 0.1) is 25.0 Å².